The molecule has 0 spiro atoms. The Balaban J connectivity index is 3.30. The van der Waals surface area contributed by atoms with Crippen LogP contribution in [-0.2, 0) is 12.6 Å². The minimum atomic E-state index is -4.46. The Labute approximate surface area is 80.2 Å². The van der Waals surface area contributed by atoms with E-state index in [1.807, 2.05) is 0 Å². The van der Waals surface area contributed by atoms with Crippen molar-refractivity contribution in [1.82, 2.24) is 9.97 Å². The molecule has 0 radical (unpaired) electrons. The fraction of sp³-hybridized carbons (Fsp3) is 0.556. The third-order valence-electron chi connectivity index (χ3n) is 2.08. The second-order valence-electron chi connectivity index (χ2n) is 3.06. The summed E-state index contributed by atoms with van der Waals surface area (Å²) >= 11 is 0. The van der Waals surface area contributed by atoms with Crippen molar-refractivity contribution in [1.29, 1.82) is 0 Å². The summed E-state index contributed by atoms with van der Waals surface area (Å²) in [6.45, 7) is 5.06. The van der Waals surface area contributed by atoms with Crippen LogP contribution in [0.3, 0.4) is 0 Å². The van der Waals surface area contributed by atoms with E-state index < -0.39 is 12.0 Å². The summed E-state index contributed by atoms with van der Waals surface area (Å²) < 4.78 is 36.9. The molecule has 5 heteroatoms. The molecule has 0 aromatic carbocycles. The van der Waals surface area contributed by atoms with E-state index in [2.05, 4.69) is 9.97 Å². The Hall–Kier alpha value is -1.13. The van der Waals surface area contributed by atoms with Gasteiger partial charge in [-0.15, -0.1) is 0 Å². The lowest BCUT2D eigenvalue weighted by Gasteiger charge is -2.10. The molecular weight excluding hydrogens is 193 g/mol. The quantitative estimate of drug-likeness (QED) is 0.702. The van der Waals surface area contributed by atoms with E-state index in [-0.39, 0.29) is 0 Å². The Morgan fingerprint density at radius 2 is 1.71 bits per heavy atom. The summed E-state index contributed by atoms with van der Waals surface area (Å²) in [5, 5.41) is 0. The summed E-state index contributed by atoms with van der Waals surface area (Å²) in [6, 6.07) is 0. The number of hydrogen-bond donors (Lipinski definition) is 0. The van der Waals surface area contributed by atoms with Crippen molar-refractivity contribution >= 4 is 0 Å². The topological polar surface area (TPSA) is 25.8 Å². The second-order valence-corrected chi connectivity index (χ2v) is 3.06. The first kappa shape index (κ1) is 10.9. The number of hydrogen-bond acceptors (Lipinski definition) is 2. The normalized spacial score (nSPS) is 11.9. The van der Waals surface area contributed by atoms with Crippen LogP contribution in [0.2, 0.25) is 0 Å². The number of aromatic nitrogens is 2. The SMILES string of the molecule is CCc1nc(C(F)(F)F)nc(C)c1C. The molecule has 78 valence electrons. The van der Waals surface area contributed by atoms with Crippen LogP contribution < -0.4 is 0 Å². The Bertz CT molecular complexity index is 345. The van der Waals surface area contributed by atoms with Crippen LogP contribution in [0, 0.1) is 13.8 Å². The number of rotatable bonds is 1. The molecule has 1 heterocycles. The van der Waals surface area contributed by atoms with Crippen molar-refractivity contribution in [3.8, 4) is 0 Å². The smallest absolute Gasteiger partial charge is 0.229 e. The molecule has 0 amide bonds. The van der Waals surface area contributed by atoms with Crippen molar-refractivity contribution in [2.45, 2.75) is 33.4 Å². The fourth-order valence-corrected chi connectivity index (χ4v) is 1.16. The molecular formula is C9H11F3N2. The maximum absolute atomic E-state index is 12.3. The summed E-state index contributed by atoms with van der Waals surface area (Å²) in [5.41, 5.74) is 1.59. The van der Waals surface area contributed by atoms with Gasteiger partial charge in [-0.05, 0) is 25.8 Å². The first-order valence-corrected chi connectivity index (χ1v) is 4.27. The third-order valence-corrected chi connectivity index (χ3v) is 2.08. The highest BCUT2D eigenvalue weighted by atomic mass is 19.4. The van der Waals surface area contributed by atoms with E-state index in [9.17, 15) is 13.2 Å². The Morgan fingerprint density at radius 3 is 2.14 bits per heavy atom. The molecule has 0 saturated heterocycles. The van der Waals surface area contributed by atoms with Gasteiger partial charge in [-0.3, -0.25) is 0 Å². The first-order chi connectivity index (χ1) is 6.36. The van der Waals surface area contributed by atoms with Crippen LogP contribution >= 0.6 is 0 Å². The number of nitrogens with zero attached hydrogens (tertiary/aromatic N) is 2. The van der Waals surface area contributed by atoms with Crippen molar-refractivity contribution in [3.63, 3.8) is 0 Å². The van der Waals surface area contributed by atoms with Gasteiger partial charge in [-0.25, -0.2) is 9.97 Å². The van der Waals surface area contributed by atoms with E-state index in [1.165, 1.54) is 0 Å². The first-order valence-electron chi connectivity index (χ1n) is 4.27. The molecule has 0 N–H and O–H groups in total. The molecule has 0 fully saturated rings. The third kappa shape index (κ3) is 2.02. The highest BCUT2D eigenvalue weighted by molar-refractivity contribution is 5.24. The maximum atomic E-state index is 12.3. The van der Waals surface area contributed by atoms with Gasteiger partial charge in [0.2, 0.25) is 5.82 Å². The Morgan fingerprint density at radius 1 is 1.14 bits per heavy atom. The van der Waals surface area contributed by atoms with E-state index in [0.717, 1.165) is 5.56 Å². The van der Waals surface area contributed by atoms with Crippen LogP contribution in [0.25, 0.3) is 0 Å². The minimum Gasteiger partial charge on any atom is -0.229 e. The lowest BCUT2D eigenvalue weighted by molar-refractivity contribution is -0.145. The van der Waals surface area contributed by atoms with E-state index in [0.29, 0.717) is 17.8 Å². The van der Waals surface area contributed by atoms with Gasteiger partial charge in [0, 0.05) is 11.4 Å². The summed E-state index contributed by atoms with van der Waals surface area (Å²) in [6.07, 6.45) is -3.97. The van der Waals surface area contributed by atoms with Crippen molar-refractivity contribution < 1.29 is 13.2 Å². The number of alkyl halides is 3. The standard InChI is InChI=1S/C9H11F3N2/c1-4-7-5(2)6(3)13-8(14-7)9(10,11)12/h4H2,1-3H3. The van der Waals surface area contributed by atoms with Gasteiger partial charge in [-0.2, -0.15) is 13.2 Å². The lowest BCUT2D eigenvalue weighted by Crippen LogP contribution is -2.14. The molecule has 2 nitrogen and oxygen atoms in total. The number of halogens is 3. The Kier molecular flexibility index (Phi) is 2.78. The molecule has 0 unspecified atom stereocenters. The van der Waals surface area contributed by atoms with Crippen LogP contribution in [0.4, 0.5) is 13.2 Å². The molecule has 1 aromatic rings. The van der Waals surface area contributed by atoms with Gasteiger partial charge in [0.25, 0.3) is 0 Å². The largest absolute Gasteiger partial charge is 0.451 e. The van der Waals surface area contributed by atoms with E-state index in [1.54, 1.807) is 20.8 Å². The molecule has 0 bridgehead atoms. The zero-order valence-electron chi connectivity index (χ0n) is 8.24. The highest BCUT2D eigenvalue weighted by Crippen LogP contribution is 2.27. The molecule has 0 aliphatic rings. The summed E-state index contributed by atoms with van der Waals surface area (Å²) in [5.74, 6) is -1.04. The molecule has 1 rings (SSSR count). The fourth-order valence-electron chi connectivity index (χ4n) is 1.16. The molecule has 0 aliphatic heterocycles. The molecule has 1 aromatic heterocycles. The average molecular weight is 204 g/mol. The zero-order chi connectivity index (χ0) is 10.9. The lowest BCUT2D eigenvalue weighted by atomic mass is 10.1. The van der Waals surface area contributed by atoms with Crippen LogP contribution in [0.5, 0.6) is 0 Å². The van der Waals surface area contributed by atoms with Crippen LogP contribution in [0.1, 0.15) is 29.7 Å². The van der Waals surface area contributed by atoms with E-state index in [4.69, 9.17) is 0 Å². The van der Waals surface area contributed by atoms with Crippen molar-refractivity contribution in [3.05, 3.63) is 22.8 Å². The van der Waals surface area contributed by atoms with Crippen LogP contribution in [-0.4, -0.2) is 9.97 Å². The number of aryl methyl sites for hydroxylation is 2. The maximum Gasteiger partial charge on any atom is 0.451 e. The van der Waals surface area contributed by atoms with Gasteiger partial charge in [0.15, 0.2) is 0 Å². The molecule has 0 aliphatic carbocycles. The average Bonchev–Trinajstić information content (AvgIpc) is 2.07. The summed E-state index contributed by atoms with van der Waals surface area (Å²) in [7, 11) is 0. The monoisotopic (exact) mass is 204 g/mol. The van der Waals surface area contributed by atoms with Gasteiger partial charge in [0.05, 0.1) is 0 Å². The predicted octanol–water partition coefficient (Wildman–Crippen LogP) is 2.67. The molecule has 14 heavy (non-hydrogen) atoms. The second kappa shape index (κ2) is 3.55. The van der Waals surface area contributed by atoms with Gasteiger partial charge in [0.1, 0.15) is 0 Å². The summed E-state index contributed by atoms with van der Waals surface area (Å²) in [4.78, 5) is 6.90. The predicted molar refractivity (Wildman–Crippen MR) is 45.9 cm³/mol. The highest BCUT2D eigenvalue weighted by Gasteiger charge is 2.35. The van der Waals surface area contributed by atoms with Gasteiger partial charge >= 0.3 is 6.18 Å². The van der Waals surface area contributed by atoms with Crippen molar-refractivity contribution in [2.75, 3.05) is 0 Å². The molecule has 0 atom stereocenters. The van der Waals surface area contributed by atoms with Gasteiger partial charge in [-0.1, -0.05) is 6.92 Å². The van der Waals surface area contributed by atoms with E-state index >= 15 is 0 Å². The van der Waals surface area contributed by atoms with Crippen LogP contribution in [0.15, 0.2) is 0 Å². The van der Waals surface area contributed by atoms with Crippen molar-refractivity contribution in [2.24, 2.45) is 0 Å². The minimum absolute atomic E-state index is 0.393. The molecule has 0 saturated carbocycles. The zero-order valence-corrected chi connectivity index (χ0v) is 8.24. The van der Waals surface area contributed by atoms with Gasteiger partial charge < -0.3 is 0 Å².